The summed E-state index contributed by atoms with van der Waals surface area (Å²) >= 11 is 0. The van der Waals surface area contributed by atoms with E-state index in [4.69, 9.17) is 0 Å². The Labute approximate surface area is 193 Å². The van der Waals surface area contributed by atoms with Crippen molar-refractivity contribution in [1.29, 1.82) is 0 Å². The molecule has 32 heavy (non-hydrogen) atoms. The van der Waals surface area contributed by atoms with Crippen molar-refractivity contribution >= 4 is 17.2 Å². The fraction of sp³-hybridized carbons (Fsp3) is 0.536. The van der Waals surface area contributed by atoms with Crippen molar-refractivity contribution in [1.82, 2.24) is 0 Å². The molecule has 2 aromatic carbocycles. The molecular weight excluding hydrogens is 399 g/mol. The molecule has 4 heteroatoms. The number of carbonyl (C=O) groups is 1. The minimum absolute atomic E-state index is 0.110. The van der Waals surface area contributed by atoms with Crippen LogP contribution in [-0.4, -0.2) is 32.0 Å². The zero-order chi connectivity index (χ0) is 23.1. The number of ketones is 1. The number of halogens is 1. The van der Waals surface area contributed by atoms with Crippen molar-refractivity contribution in [3.63, 3.8) is 0 Å². The highest BCUT2D eigenvalue weighted by atomic mass is 19.1. The Hall–Kier alpha value is -2.36. The first-order valence-corrected chi connectivity index (χ1v) is 12.4. The lowest BCUT2D eigenvalue weighted by molar-refractivity contribution is 0.0979. The van der Waals surface area contributed by atoms with Gasteiger partial charge in [0.25, 0.3) is 0 Å². The van der Waals surface area contributed by atoms with Crippen LogP contribution in [0.15, 0.2) is 42.5 Å². The van der Waals surface area contributed by atoms with Crippen molar-refractivity contribution < 1.29 is 9.18 Å². The minimum atomic E-state index is -0.296. The number of nitrogens with zero attached hydrogens (tertiary/aromatic N) is 2. The summed E-state index contributed by atoms with van der Waals surface area (Å²) in [7, 11) is 2.22. The number of benzene rings is 2. The predicted octanol–water partition coefficient (Wildman–Crippen LogP) is 7.21. The fourth-order valence-electron chi connectivity index (χ4n) is 5.18. The molecular formula is C28H39FN2O. The van der Waals surface area contributed by atoms with Crippen molar-refractivity contribution in [2.45, 2.75) is 77.7 Å². The number of carbonyl (C=O) groups excluding carboxylic acids is 1. The van der Waals surface area contributed by atoms with Crippen molar-refractivity contribution in [2.24, 2.45) is 0 Å². The minimum Gasteiger partial charge on any atom is -0.371 e. The summed E-state index contributed by atoms with van der Waals surface area (Å²) in [5.41, 5.74) is 5.19. The van der Waals surface area contributed by atoms with Gasteiger partial charge in [-0.15, -0.1) is 0 Å². The van der Waals surface area contributed by atoms with Crippen LogP contribution in [-0.2, 0) is 0 Å². The van der Waals surface area contributed by atoms with Crippen molar-refractivity contribution in [3.8, 4) is 0 Å². The largest absolute Gasteiger partial charge is 0.371 e. The fourth-order valence-corrected chi connectivity index (χ4v) is 5.18. The molecule has 0 aromatic heterocycles. The van der Waals surface area contributed by atoms with E-state index in [1.807, 2.05) is 0 Å². The Balaban J connectivity index is 0.000000188. The van der Waals surface area contributed by atoms with Gasteiger partial charge in [0.15, 0.2) is 5.78 Å². The molecule has 2 aliphatic heterocycles. The zero-order valence-corrected chi connectivity index (χ0v) is 20.2. The molecule has 3 nitrogen and oxygen atoms in total. The summed E-state index contributed by atoms with van der Waals surface area (Å²) in [5, 5.41) is 0. The first-order valence-electron chi connectivity index (χ1n) is 12.4. The SMILES string of the molecule is CCCC1C(CC)c2cccc3c2N1CCN3C.CCCCCC(=O)c1ccc(F)cc1. The van der Waals surface area contributed by atoms with Gasteiger partial charge in [0.05, 0.1) is 11.4 Å². The number of para-hydroxylation sites is 1. The van der Waals surface area contributed by atoms with Crippen molar-refractivity contribution in [2.75, 3.05) is 29.9 Å². The molecule has 174 valence electrons. The highest BCUT2D eigenvalue weighted by molar-refractivity contribution is 5.95. The molecule has 2 atom stereocenters. The number of hydrogen-bond donors (Lipinski definition) is 0. The number of Topliss-reactive ketones (excluding diaryl/α,β-unsaturated/α-hetero) is 1. The van der Waals surface area contributed by atoms with E-state index in [0.717, 1.165) is 37.8 Å². The molecule has 0 aliphatic carbocycles. The predicted molar refractivity (Wildman–Crippen MR) is 134 cm³/mol. The van der Waals surface area contributed by atoms with Crippen LogP contribution in [0, 0.1) is 5.82 Å². The van der Waals surface area contributed by atoms with E-state index >= 15 is 0 Å². The highest BCUT2D eigenvalue weighted by Crippen LogP contribution is 2.50. The summed E-state index contributed by atoms with van der Waals surface area (Å²) in [6.45, 7) is 9.11. The molecule has 0 saturated carbocycles. The van der Waals surface area contributed by atoms with E-state index in [1.54, 1.807) is 17.7 Å². The summed E-state index contributed by atoms with van der Waals surface area (Å²) in [5.74, 6) is 0.556. The molecule has 0 radical (unpaired) electrons. The summed E-state index contributed by atoms with van der Waals surface area (Å²) in [6, 6.07) is 13.4. The van der Waals surface area contributed by atoms with Gasteiger partial charge in [-0.05, 0) is 55.2 Å². The molecule has 2 aromatic rings. The normalized spacial score (nSPS) is 18.8. The van der Waals surface area contributed by atoms with Gasteiger partial charge in [-0.3, -0.25) is 4.79 Å². The standard InChI is InChI=1S/C16H24N2.C12H15FO/c1-4-7-14-12(5-2)13-8-6-9-15-16(13)18(14)11-10-17(15)3;1-2-3-4-5-12(14)10-6-8-11(13)9-7-10/h6,8-9,12,14H,4-5,7,10-11H2,1-3H3;6-9H,2-5H2,1H3. The molecule has 0 N–H and O–H groups in total. The number of likely N-dealkylation sites (N-methyl/N-ethyl adjacent to an activating group) is 1. The molecule has 0 fully saturated rings. The number of unbranched alkanes of at least 4 members (excludes halogenated alkanes) is 2. The molecule has 0 bridgehead atoms. The second-order valence-electron chi connectivity index (χ2n) is 9.09. The number of anilines is 2. The molecule has 0 spiro atoms. The monoisotopic (exact) mass is 438 g/mol. The maximum atomic E-state index is 12.5. The van der Waals surface area contributed by atoms with Gasteiger partial charge in [-0.1, -0.05) is 52.2 Å². The second kappa shape index (κ2) is 11.5. The summed E-state index contributed by atoms with van der Waals surface area (Å²) in [4.78, 5) is 16.6. The lowest BCUT2D eigenvalue weighted by Gasteiger charge is -2.38. The Morgan fingerprint density at radius 2 is 1.75 bits per heavy atom. The number of rotatable bonds is 8. The van der Waals surface area contributed by atoms with Crippen LogP contribution in [0.2, 0.25) is 0 Å². The van der Waals surface area contributed by atoms with E-state index in [0.29, 0.717) is 12.0 Å². The third-order valence-electron chi connectivity index (χ3n) is 6.88. The Morgan fingerprint density at radius 1 is 1.00 bits per heavy atom. The Morgan fingerprint density at radius 3 is 2.41 bits per heavy atom. The molecule has 0 saturated heterocycles. The second-order valence-corrected chi connectivity index (χ2v) is 9.09. The molecule has 4 rings (SSSR count). The van der Waals surface area contributed by atoms with Gasteiger partial charge in [-0.25, -0.2) is 4.39 Å². The zero-order valence-electron chi connectivity index (χ0n) is 20.2. The van der Waals surface area contributed by atoms with E-state index in [1.165, 1.54) is 49.3 Å². The highest BCUT2D eigenvalue weighted by Gasteiger charge is 2.40. The average molecular weight is 439 g/mol. The van der Waals surface area contributed by atoms with E-state index in [2.05, 4.69) is 55.8 Å². The topological polar surface area (TPSA) is 23.6 Å². The molecule has 0 amide bonds. The van der Waals surface area contributed by atoms with Crippen LogP contribution in [0.25, 0.3) is 0 Å². The number of hydrogen-bond acceptors (Lipinski definition) is 3. The first kappa shape index (κ1) is 24.3. The maximum absolute atomic E-state index is 12.5. The van der Waals surface area contributed by atoms with E-state index in [9.17, 15) is 9.18 Å². The lowest BCUT2D eigenvalue weighted by atomic mass is 9.90. The quantitative estimate of drug-likeness (QED) is 0.321. The van der Waals surface area contributed by atoms with Crippen LogP contribution in [0.5, 0.6) is 0 Å². The maximum Gasteiger partial charge on any atom is 0.162 e. The molecule has 2 unspecified atom stereocenters. The van der Waals surface area contributed by atoms with Crippen LogP contribution in [0.1, 0.15) is 87.6 Å². The van der Waals surface area contributed by atoms with E-state index < -0.39 is 0 Å². The third-order valence-corrected chi connectivity index (χ3v) is 6.88. The Bertz CT molecular complexity index is 880. The van der Waals surface area contributed by atoms with Gasteiger partial charge in [-0.2, -0.15) is 0 Å². The van der Waals surface area contributed by atoms with Crippen LogP contribution in [0.3, 0.4) is 0 Å². The van der Waals surface area contributed by atoms with Crippen LogP contribution < -0.4 is 9.80 Å². The summed E-state index contributed by atoms with van der Waals surface area (Å²) < 4.78 is 12.5. The molecule has 2 heterocycles. The third kappa shape index (κ3) is 5.33. The smallest absolute Gasteiger partial charge is 0.162 e. The van der Waals surface area contributed by atoms with Gasteiger partial charge in [0.2, 0.25) is 0 Å². The Kier molecular flexibility index (Phi) is 8.72. The van der Waals surface area contributed by atoms with Gasteiger partial charge in [0.1, 0.15) is 5.82 Å². The van der Waals surface area contributed by atoms with E-state index in [-0.39, 0.29) is 11.6 Å². The lowest BCUT2D eigenvalue weighted by Crippen LogP contribution is -2.43. The van der Waals surface area contributed by atoms with Crippen LogP contribution >= 0.6 is 0 Å². The van der Waals surface area contributed by atoms with Crippen LogP contribution in [0.4, 0.5) is 15.8 Å². The molecule has 2 aliphatic rings. The van der Waals surface area contributed by atoms with Gasteiger partial charge >= 0.3 is 0 Å². The summed E-state index contributed by atoms with van der Waals surface area (Å²) in [6.07, 6.45) is 7.56. The average Bonchev–Trinajstić information content (AvgIpc) is 3.11. The first-order chi connectivity index (χ1) is 15.5. The van der Waals surface area contributed by atoms with Gasteiger partial charge < -0.3 is 9.80 Å². The van der Waals surface area contributed by atoms with Crippen molar-refractivity contribution in [3.05, 3.63) is 59.4 Å². The van der Waals surface area contributed by atoms with Gasteiger partial charge in [0, 0.05) is 44.1 Å².